The van der Waals surface area contributed by atoms with Crippen LogP contribution >= 0.6 is 0 Å². The van der Waals surface area contributed by atoms with Crippen LogP contribution in [0.4, 0.5) is 0 Å². The van der Waals surface area contributed by atoms with Crippen LogP contribution in [0.3, 0.4) is 0 Å². The average Bonchev–Trinajstić information content (AvgIpc) is 2.14. The van der Waals surface area contributed by atoms with E-state index in [4.69, 9.17) is 5.73 Å². The molecule has 1 aliphatic rings. The fraction of sp³-hybridized carbons (Fsp3) is 0.500. The topological polar surface area (TPSA) is 47.3 Å². The average molecular weight is 100 g/mol. The molecule has 1 aliphatic heterocycles. The van der Waals surface area contributed by atoms with Gasteiger partial charge in [-0.3, -0.25) is 0 Å². The highest BCUT2D eigenvalue weighted by Crippen LogP contribution is 1.91. The van der Waals surface area contributed by atoms with Gasteiger partial charge in [0.1, 0.15) is 6.26 Å². The Morgan fingerprint density at radius 3 is 3.00 bits per heavy atom. The van der Waals surface area contributed by atoms with Crippen molar-refractivity contribution < 1.29 is 4.84 Å². The van der Waals surface area contributed by atoms with Gasteiger partial charge in [0.25, 0.3) is 0 Å². The molecule has 0 aromatic carbocycles. The molecule has 1 heterocycles. The van der Waals surface area contributed by atoms with Gasteiger partial charge in [-0.2, -0.15) is 0 Å². The molecule has 3 N–H and O–H groups in total. The first-order valence-corrected chi connectivity index (χ1v) is 2.21. The zero-order valence-corrected chi connectivity index (χ0v) is 3.92. The summed E-state index contributed by atoms with van der Waals surface area (Å²) in [6.45, 7) is 0.594. The summed E-state index contributed by atoms with van der Waals surface area (Å²) in [5, 5.41) is 0. The Labute approximate surface area is 42.1 Å². The molecule has 0 aromatic rings. The van der Waals surface area contributed by atoms with Gasteiger partial charge < -0.3 is 10.6 Å². The van der Waals surface area contributed by atoms with Gasteiger partial charge in [0.2, 0.25) is 0 Å². The summed E-state index contributed by atoms with van der Waals surface area (Å²) in [7, 11) is 0. The highest BCUT2D eigenvalue weighted by molar-refractivity contribution is 4.91. The van der Waals surface area contributed by atoms with Crippen molar-refractivity contribution in [1.82, 2.24) is 5.48 Å². The normalized spacial score (nSPS) is 27.9. The van der Waals surface area contributed by atoms with Crippen LogP contribution in [0.2, 0.25) is 0 Å². The van der Waals surface area contributed by atoms with Crippen molar-refractivity contribution in [1.29, 1.82) is 0 Å². The van der Waals surface area contributed by atoms with E-state index in [1.54, 1.807) is 6.26 Å². The van der Waals surface area contributed by atoms with E-state index in [1.807, 2.05) is 6.08 Å². The molecule has 1 rings (SSSR count). The molecule has 7 heavy (non-hydrogen) atoms. The lowest BCUT2D eigenvalue weighted by Gasteiger charge is -1.99. The van der Waals surface area contributed by atoms with Gasteiger partial charge in [-0.25, -0.2) is 0 Å². The number of hydrogen-bond acceptors (Lipinski definition) is 3. The van der Waals surface area contributed by atoms with Gasteiger partial charge in [-0.05, 0) is 6.08 Å². The molecular weight excluding hydrogens is 92.1 g/mol. The maximum absolute atomic E-state index is 5.24. The van der Waals surface area contributed by atoms with E-state index in [0.29, 0.717) is 6.54 Å². The third kappa shape index (κ3) is 0.913. The highest BCUT2D eigenvalue weighted by Gasteiger charge is 2.04. The lowest BCUT2D eigenvalue weighted by Crippen LogP contribution is -2.28. The van der Waals surface area contributed by atoms with Gasteiger partial charge in [-0.1, -0.05) is 0 Å². The van der Waals surface area contributed by atoms with E-state index in [1.165, 1.54) is 0 Å². The zero-order chi connectivity index (χ0) is 5.11. The maximum atomic E-state index is 5.24. The third-order valence-electron chi connectivity index (χ3n) is 0.852. The second kappa shape index (κ2) is 1.95. The van der Waals surface area contributed by atoms with Crippen molar-refractivity contribution in [2.45, 2.75) is 6.04 Å². The van der Waals surface area contributed by atoms with Crippen LogP contribution < -0.4 is 11.2 Å². The van der Waals surface area contributed by atoms with Gasteiger partial charge in [0.05, 0.1) is 6.04 Å². The SMILES string of the molecule is NCC1C=CON1. The number of nitrogens with one attached hydrogen (secondary N) is 1. The molecule has 0 radical (unpaired) electrons. The summed E-state index contributed by atoms with van der Waals surface area (Å²) >= 11 is 0. The molecule has 0 spiro atoms. The molecule has 0 aliphatic carbocycles. The predicted octanol–water partition coefficient (Wildman–Crippen LogP) is -0.638. The second-order valence-corrected chi connectivity index (χ2v) is 1.41. The van der Waals surface area contributed by atoms with Crippen LogP contribution in [0.15, 0.2) is 12.3 Å². The Balaban J connectivity index is 2.28. The highest BCUT2D eigenvalue weighted by atomic mass is 16.6. The van der Waals surface area contributed by atoms with Crippen LogP contribution in [0, 0.1) is 0 Å². The second-order valence-electron chi connectivity index (χ2n) is 1.41. The van der Waals surface area contributed by atoms with E-state index in [2.05, 4.69) is 10.3 Å². The summed E-state index contributed by atoms with van der Waals surface area (Å²) in [6, 6.07) is 0.222. The molecule has 0 aromatic heterocycles. The van der Waals surface area contributed by atoms with Crippen molar-refractivity contribution in [3.63, 3.8) is 0 Å². The Morgan fingerprint density at radius 2 is 2.71 bits per heavy atom. The zero-order valence-electron chi connectivity index (χ0n) is 3.92. The Kier molecular flexibility index (Phi) is 1.29. The number of hydroxylamine groups is 1. The molecule has 0 saturated heterocycles. The van der Waals surface area contributed by atoms with Crippen molar-refractivity contribution in [2.75, 3.05) is 6.54 Å². The minimum Gasteiger partial charge on any atom is -0.416 e. The standard InChI is InChI=1S/C4H8N2O/c5-3-4-1-2-7-6-4/h1-2,4,6H,3,5H2. The lowest BCUT2D eigenvalue weighted by atomic mass is 10.3. The minimum absolute atomic E-state index is 0.222. The first-order chi connectivity index (χ1) is 3.43. The van der Waals surface area contributed by atoms with Crippen LogP contribution in [0.5, 0.6) is 0 Å². The number of nitrogens with two attached hydrogens (primary N) is 1. The first kappa shape index (κ1) is 4.61. The van der Waals surface area contributed by atoms with Crippen molar-refractivity contribution >= 4 is 0 Å². The molecule has 3 nitrogen and oxygen atoms in total. The molecule has 0 bridgehead atoms. The fourth-order valence-corrected chi connectivity index (χ4v) is 0.427. The van der Waals surface area contributed by atoms with E-state index in [9.17, 15) is 0 Å². The monoisotopic (exact) mass is 100 g/mol. The molecule has 1 unspecified atom stereocenters. The summed E-state index contributed by atoms with van der Waals surface area (Å²) in [5.74, 6) is 0. The van der Waals surface area contributed by atoms with Crippen LogP contribution in [-0.2, 0) is 4.84 Å². The molecule has 0 saturated carbocycles. The lowest BCUT2D eigenvalue weighted by molar-refractivity contribution is 0.144. The summed E-state index contributed by atoms with van der Waals surface area (Å²) in [5.41, 5.74) is 7.91. The summed E-state index contributed by atoms with van der Waals surface area (Å²) in [4.78, 5) is 4.64. The van der Waals surface area contributed by atoms with E-state index in [-0.39, 0.29) is 6.04 Å². The van der Waals surface area contributed by atoms with Crippen molar-refractivity contribution in [2.24, 2.45) is 5.73 Å². The Bertz CT molecular complexity index is 81.8. The smallest absolute Gasteiger partial charge is 0.109 e. The Morgan fingerprint density at radius 1 is 1.86 bits per heavy atom. The van der Waals surface area contributed by atoms with Crippen LogP contribution in [-0.4, -0.2) is 12.6 Å². The molecule has 0 fully saturated rings. The van der Waals surface area contributed by atoms with Crippen LogP contribution in [0.25, 0.3) is 0 Å². The van der Waals surface area contributed by atoms with Gasteiger partial charge in [-0.15, -0.1) is 5.48 Å². The minimum atomic E-state index is 0.222. The number of rotatable bonds is 1. The number of hydrogen-bond donors (Lipinski definition) is 2. The van der Waals surface area contributed by atoms with Gasteiger partial charge >= 0.3 is 0 Å². The molecule has 40 valence electrons. The molecular formula is C4H8N2O. The Hall–Kier alpha value is -0.540. The summed E-state index contributed by atoms with van der Waals surface area (Å²) in [6.07, 6.45) is 3.47. The molecule has 3 heteroatoms. The van der Waals surface area contributed by atoms with E-state index in [0.717, 1.165) is 0 Å². The largest absolute Gasteiger partial charge is 0.416 e. The third-order valence-corrected chi connectivity index (χ3v) is 0.852. The van der Waals surface area contributed by atoms with E-state index < -0.39 is 0 Å². The molecule has 0 amide bonds. The predicted molar refractivity (Wildman–Crippen MR) is 26.2 cm³/mol. The van der Waals surface area contributed by atoms with Crippen LogP contribution in [0.1, 0.15) is 0 Å². The fourth-order valence-electron chi connectivity index (χ4n) is 0.427. The maximum Gasteiger partial charge on any atom is 0.109 e. The van der Waals surface area contributed by atoms with Crippen molar-refractivity contribution in [3.05, 3.63) is 12.3 Å². The quantitative estimate of drug-likeness (QED) is 0.461. The molecule has 1 atom stereocenters. The van der Waals surface area contributed by atoms with Gasteiger partial charge in [0, 0.05) is 6.54 Å². The summed E-state index contributed by atoms with van der Waals surface area (Å²) < 4.78 is 0. The van der Waals surface area contributed by atoms with E-state index >= 15 is 0 Å². The van der Waals surface area contributed by atoms with Crippen molar-refractivity contribution in [3.8, 4) is 0 Å². The first-order valence-electron chi connectivity index (χ1n) is 2.21. The van der Waals surface area contributed by atoms with Gasteiger partial charge in [0.15, 0.2) is 0 Å².